The molecule has 1 aromatic rings. The highest BCUT2D eigenvalue weighted by Gasteiger charge is 2.29. The molecule has 1 aliphatic rings. The van der Waals surface area contributed by atoms with Crippen molar-refractivity contribution < 1.29 is 28.5 Å². The summed E-state index contributed by atoms with van der Waals surface area (Å²) in [4.78, 5) is 11.4. The Morgan fingerprint density at radius 2 is 2.39 bits per heavy atom. The van der Waals surface area contributed by atoms with Gasteiger partial charge in [0.25, 0.3) is 0 Å². The molecule has 0 fully saturated rings. The quantitative estimate of drug-likeness (QED) is 0.862. The van der Waals surface area contributed by atoms with Gasteiger partial charge >= 0.3 is 5.97 Å². The molecule has 98 valence electrons. The number of rotatable bonds is 3. The number of fused-ring (bicyclic) bond motifs is 1. The Morgan fingerprint density at radius 1 is 1.67 bits per heavy atom. The zero-order valence-corrected chi connectivity index (χ0v) is 11.0. The van der Waals surface area contributed by atoms with Crippen LogP contribution in [0.4, 0.5) is 4.39 Å². The molecular formula is C11H10BrFO5. The zero-order valence-electron chi connectivity index (χ0n) is 9.41. The van der Waals surface area contributed by atoms with E-state index in [4.69, 9.17) is 9.47 Å². The van der Waals surface area contributed by atoms with E-state index in [0.717, 1.165) is 0 Å². The van der Waals surface area contributed by atoms with Crippen LogP contribution in [0.5, 0.6) is 11.5 Å². The van der Waals surface area contributed by atoms with Crippen LogP contribution in [0.25, 0.3) is 0 Å². The van der Waals surface area contributed by atoms with Crippen LogP contribution in [-0.4, -0.2) is 24.5 Å². The Labute approximate surface area is 111 Å². The third kappa shape index (κ3) is 2.15. The van der Waals surface area contributed by atoms with E-state index in [1.54, 1.807) is 6.92 Å². The first-order valence-corrected chi connectivity index (χ1v) is 5.97. The van der Waals surface area contributed by atoms with E-state index in [-0.39, 0.29) is 34.9 Å². The van der Waals surface area contributed by atoms with Gasteiger partial charge in [-0.3, -0.25) is 0 Å². The predicted octanol–water partition coefficient (Wildman–Crippen LogP) is 1.91. The average molecular weight is 321 g/mol. The zero-order chi connectivity index (χ0) is 13.3. The number of hydrogen-bond donors (Lipinski definition) is 1. The Morgan fingerprint density at radius 3 is 3.06 bits per heavy atom. The van der Waals surface area contributed by atoms with Crippen LogP contribution in [0, 0.1) is 5.82 Å². The topological polar surface area (TPSA) is 65.0 Å². The summed E-state index contributed by atoms with van der Waals surface area (Å²) < 4.78 is 28.7. The van der Waals surface area contributed by atoms with Gasteiger partial charge in [0.05, 0.1) is 11.1 Å². The molecule has 1 heterocycles. The fraction of sp³-hybridized carbons (Fsp3) is 0.364. The number of benzene rings is 1. The first-order valence-electron chi connectivity index (χ1n) is 5.18. The summed E-state index contributed by atoms with van der Waals surface area (Å²) in [5.74, 6) is -1.21. The lowest BCUT2D eigenvalue weighted by atomic mass is 10.1. The number of carbonyl (C=O) groups excluding carboxylic acids is 1. The van der Waals surface area contributed by atoms with Crippen LogP contribution in [0.1, 0.15) is 18.6 Å². The van der Waals surface area contributed by atoms with Gasteiger partial charge in [-0.15, -0.1) is 0 Å². The molecule has 0 bridgehead atoms. The van der Waals surface area contributed by atoms with E-state index in [9.17, 15) is 14.3 Å². The Kier molecular flexibility index (Phi) is 3.72. The van der Waals surface area contributed by atoms with Crippen LogP contribution in [0.3, 0.4) is 0 Å². The number of ether oxygens (including phenoxy) is 3. The second-order valence-corrected chi connectivity index (χ2v) is 4.28. The van der Waals surface area contributed by atoms with E-state index in [2.05, 4.69) is 20.7 Å². The van der Waals surface area contributed by atoms with Crippen LogP contribution < -0.4 is 9.47 Å². The van der Waals surface area contributed by atoms with Crippen molar-refractivity contribution in [1.29, 1.82) is 0 Å². The predicted molar refractivity (Wildman–Crippen MR) is 61.8 cm³/mol. The molecule has 1 N–H and O–H groups in total. The van der Waals surface area contributed by atoms with Crippen molar-refractivity contribution in [2.24, 2.45) is 0 Å². The molecule has 1 aliphatic heterocycles. The maximum Gasteiger partial charge on any atom is 0.339 e. The minimum atomic E-state index is -1.70. The molecule has 0 amide bonds. The summed E-state index contributed by atoms with van der Waals surface area (Å²) in [6, 6.07) is 1.23. The molecular weight excluding hydrogens is 311 g/mol. The standard InChI is InChI=1S/C11H10BrFO5/c1-2-16-11(15)9(14)5-3-6-10(18-4-17-6)7(12)8(5)13/h3,9,14H,2,4H2,1H3. The Hall–Kier alpha value is -1.34. The van der Waals surface area contributed by atoms with E-state index >= 15 is 0 Å². The summed E-state index contributed by atoms with van der Waals surface area (Å²) in [7, 11) is 0. The SMILES string of the molecule is CCOC(=O)C(O)c1cc2c(c(Br)c1F)OCO2. The smallest absolute Gasteiger partial charge is 0.339 e. The van der Waals surface area contributed by atoms with E-state index in [0.29, 0.717) is 0 Å². The lowest BCUT2D eigenvalue weighted by molar-refractivity contribution is -0.153. The molecule has 1 unspecified atom stereocenters. The van der Waals surface area contributed by atoms with Gasteiger partial charge in [0.1, 0.15) is 5.82 Å². The van der Waals surface area contributed by atoms with Crippen LogP contribution in [0.2, 0.25) is 0 Å². The molecule has 0 aliphatic carbocycles. The summed E-state index contributed by atoms with van der Waals surface area (Å²) in [5, 5.41) is 9.72. The molecule has 0 saturated carbocycles. The minimum Gasteiger partial charge on any atom is -0.464 e. The Bertz CT molecular complexity index is 491. The highest BCUT2D eigenvalue weighted by molar-refractivity contribution is 9.10. The summed E-state index contributed by atoms with van der Waals surface area (Å²) >= 11 is 3.00. The van der Waals surface area contributed by atoms with Crippen LogP contribution in [-0.2, 0) is 9.53 Å². The number of esters is 1. The summed E-state index contributed by atoms with van der Waals surface area (Å²) in [6.07, 6.45) is -1.70. The fourth-order valence-electron chi connectivity index (χ4n) is 1.55. The van der Waals surface area contributed by atoms with Crippen LogP contribution >= 0.6 is 15.9 Å². The van der Waals surface area contributed by atoms with Gasteiger partial charge in [-0.1, -0.05) is 0 Å². The molecule has 1 atom stereocenters. The van der Waals surface area contributed by atoms with Crippen molar-refractivity contribution in [3.8, 4) is 11.5 Å². The largest absolute Gasteiger partial charge is 0.464 e. The molecule has 0 saturated heterocycles. The summed E-state index contributed by atoms with van der Waals surface area (Å²) in [5.41, 5.74) is -0.218. The number of aliphatic hydroxyl groups excluding tert-OH is 1. The highest BCUT2D eigenvalue weighted by Crippen LogP contribution is 2.43. The Balaban J connectivity index is 2.40. The fourth-order valence-corrected chi connectivity index (χ4v) is 2.08. The second kappa shape index (κ2) is 5.11. The molecule has 7 heteroatoms. The van der Waals surface area contributed by atoms with Gasteiger partial charge in [0, 0.05) is 5.56 Å². The van der Waals surface area contributed by atoms with Gasteiger partial charge in [-0.2, -0.15) is 0 Å². The van der Waals surface area contributed by atoms with E-state index in [1.165, 1.54) is 6.07 Å². The molecule has 5 nitrogen and oxygen atoms in total. The molecule has 2 rings (SSSR count). The van der Waals surface area contributed by atoms with Crippen LogP contribution in [0.15, 0.2) is 10.5 Å². The number of halogens is 2. The first kappa shape index (κ1) is 13.1. The number of aliphatic hydroxyl groups is 1. The maximum absolute atomic E-state index is 14.0. The minimum absolute atomic E-state index is 0.0100. The van der Waals surface area contributed by atoms with Crippen molar-refractivity contribution in [2.75, 3.05) is 13.4 Å². The highest BCUT2D eigenvalue weighted by atomic mass is 79.9. The monoisotopic (exact) mass is 320 g/mol. The normalized spacial score (nSPS) is 14.4. The molecule has 18 heavy (non-hydrogen) atoms. The third-order valence-corrected chi connectivity index (χ3v) is 3.09. The van der Waals surface area contributed by atoms with Gasteiger partial charge in [-0.05, 0) is 28.9 Å². The lowest BCUT2D eigenvalue weighted by Crippen LogP contribution is -2.16. The van der Waals surface area contributed by atoms with E-state index < -0.39 is 17.9 Å². The molecule has 0 spiro atoms. The van der Waals surface area contributed by atoms with Crippen molar-refractivity contribution in [1.82, 2.24) is 0 Å². The second-order valence-electron chi connectivity index (χ2n) is 3.48. The first-order chi connectivity index (χ1) is 8.56. The van der Waals surface area contributed by atoms with Gasteiger partial charge in [0.2, 0.25) is 6.79 Å². The summed E-state index contributed by atoms with van der Waals surface area (Å²) in [6.45, 7) is 1.66. The lowest BCUT2D eigenvalue weighted by Gasteiger charge is -2.12. The van der Waals surface area contributed by atoms with Crippen molar-refractivity contribution in [3.63, 3.8) is 0 Å². The third-order valence-electron chi connectivity index (χ3n) is 2.38. The molecule has 0 aromatic heterocycles. The van der Waals surface area contributed by atoms with Gasteiger partial charge in [-0.25, -0.2) is 9.18 Å². The van der Waals surface area contributed by atoms with Crippen molar-refractivity contribution >= 4 is 21.9 Å². The number of hydrogen-bond acceptors (Lipinski definition) is 5. The average Bonchev–Trinajstić information content (AvgIpc) is 2.81. The molecule has 0 radical (unpaired) electrons. The van der Waals surface area contributed by atoms with Crippen molar-refractivity contribution in [3.05, 3.63) is 21.9 Å². The molecule has 1 aromatic carbocycles. The van der Waals surface area contributed by atoms with Crippen molar-refractivity contribution in [2.45, 2.75) is 13.0 Å². The van der Waals surface area contributed by atoms with E-state index in [1.807, 2.05) is 0 Å². The van der Waals surface area contributed by atoms with Gasteiger partial charge < -0.3 is 19.3 Å². The number of carbonyl (C=O) groups is 1. The maximum atomic E-state index is 14.0. The van der Waals surface area contributed by atoms with Gasteiger partial charge in [0.15, 0.2) is 17.6 Å².